The standard InChI is InChI=1S/C16H17NO6/c1-21-11-2-3-12-10(9-23-13(12)7-11)6-15(18)17-4-5-22-14(8-17)16(19)20/h2-3,7,9,14H,4-6,8H2,1H3,(H,19,20)/t14-/m0/s1. The molecule has 2 aromatic rings. The van der Waals surface area contributed by atoms with Gasteiger partial charge in [-0.25, -0.2) is 4.79 Å². The molecule has 122 valence electrons. The van der Waals surface area contributed by atoms with Gasteiger partial charge in [0.25, 0.3) is 0 Å². The lowest BCUT2D eigenvalue weighted by atomic mass is 10.1. The first-order chi connectivity index (χ1) is 11.1. The number of methoxy groups -OCH3 is 1. The highest BCUT2D eigenvalue weighted by molar-refractivity contribution is 5.88. The normalized spacial score (nSPS) is 18.1. The van der Waals surface area contributed by atoms with Crippen molar-refractivity contribution in [3.8, 4) is 5.75 Å². The topological polar surface area (TPSA) is 89.2 Å². The van der Waals surface area contributed by atoms with E-state index in [2.05, 4.69) is 0 Å². The molecule has 1 aromatic carbocycles. The number of aliphatic carboxylic acids is 1. The highest BCUT2D eigenvalue weighted by Crippen LogP contribution is 2.26. The smallest absolute Gasteiger partial charge is 0.334 e. The average molecular weight is 319 g/mol. The summed E-state index contributed by atoms with van der Waals surface area (Å²) in [4.78, 5) is 24.9. The highest BCUT2D eigenvalue weighted by Gasteiger charge is 2.29. The maximum absolute atomic E-state index is 12.4. The Bertz CT molecular complexity index is 737. The largest absolute Gasteiger partial charge is 0.497 e. The zero-order chi connectivity index (χ0) is 16.4. The number of morpholine rings is 1. The fourth-order valence-corrected chi connectivity index (χ4v) is 2.63. The van der Waals surface area contributed by atoms with E-state index in [0.29, 0.717) is 17.9 Å². The molecule has 1 aliphatic rings. The number of hydrogen-bond donors (Lipinski definition) is 1. The van der Waals surface area contributed by atoms with E-state index in [9.17, 15) is 9.59 Å². The molecule has 1 N–H and O–H groups in total. The summed E-state index contributed by atoms with van der Waals surface area (Å²) in [5, 5.41) is 9.84. The van der Waals surface area contributed by atoms with Gasteiger partial charge in [0.1, 0.15) is 11.3 Å². The molecule has 1 saturated heterocycles. The second-order valence-corrected chi connectivity index (χ2v) is 5.34. The number of carbonyl (C=O) groups excluding carboxylic acids is 1. The van der Waals surface area contributed by atoms with Crippen molar-refractivity contribution < 1.29 is 28.6 Å². The molecule has 0 bridgehead atoms. The molecule has 0 radical (unpaired) electrons. The molecular weight excluding hydrogens is 302 g/mol. The van der Waals surface area contributed by atoms with Crippen LogP contribution in [0.25, 0.3) is 11.0 Å². The molecule has 23 heavy (non-hydrogen) atoms. The van der Waals surface area contributed by atoms with Crippen LogP contribution >= 0.6 is 0 Å². The number of rotatable bonds is 4. The summed E-state index contributed by atoms with van der Waals surface area (Å²) in [6.07, 6.45) is 0.751. The lowest BCUT2D eigenvalue weighted by molar-refractivity contribution is -0.159. The molecular formula is C16H17NO6. The molecule has 1 aliphatic heterocycles. The van der Waals surface area contributed by atoms with Crippen LogP contribution in [-0.2, 0) is 20.7 Å². The first-order valence-electron chi connectivity index (χ1n) is 7.25. The van der Waals surface area contributed by atoms with Crippen LogP contribution in [0.4, 0.5) is 0 Å². The van der Waals surface area contributed by atoms with Crippen LogP contribution in [0.2, 0.25) is 0 Å². The van der Waals surface area contributed by atoms with Gasteiger partial charge in [-0.3, -0.25) is 4.79 Å². The molecule has 1 amide bonds. The Balaban J connectivity index is 1.74. The Morgan fingerprint density at radius 3 is 3.00 bits per heavy atom. The Morgan fingerprint density at radius 2 is 2.26 bits per heavy atom. The van der Waals surface area contributed by atoms with Gasteiger partial charge in [0.05, 0.1) is 32.9 Å². The van der Waals surface area contributed by atoms with Crippen molar-refractivity contribution in [2.75, 3.05) is 26.8 Å². The first kappa shape index (κ1) is 15.4. The second-order valence-electron chi connectivity index (χ2n) is 5.34. The van der Waals surface area contributed by atoms with Crippen LogP contribution < -0.4 is 4.74 Å². The number of hydrogen-bond acceptors (Lipinski definition) is 5. The van der Waals surface area contributed by atoms with E-state index >= 15 is 0 Å². The Hall–Kier alpha value is -2.54. The van der Waals surface area contributed by atoms with Gasteiger partial charge in [-0.1, -0.05) is 0 Å². The molecule has 1 aromatic heterocycles. The molecule has 7 heteroatoms. The molecule has 0 saturated carbocycles. The van der Waals surface area contributed by atoms with Gasteiger partial charge in [-0.15, -0.1) is 0 Å². The molecule has 0 spiro atoms. The van der Waals surface area contributed by atoms with Gasteiger partial charge in [0, 0.05) is 23.6 Å². The first-order valence-corrected chi connectivity index (χ1v) is 7.25. The quantitative estimate of drug-likeness (QED) is 0.913. The van der Waals surface area contributed by atoms with Crippen molar-refractivity contribution in [2.24, 2.45) is 0 Å². The second kappa shape index (κ2) is 6.29. The van der Waals surface area contributed by atoms with E-state index in [-0.39, 0.29) is 25.5 Å². The summed E-state index contributed by atoms with van der Waals surface area (Å²) < 4.78 is 15.7. The minimum Gasteiger partial charge on any atom is -0.497 e. The number of fused-ring (bicyclic) bond motifs is 1. The zero-order valence-corrected chi connectivity index (χ0v) is 12.7. The monoisotopic (exact) mass is 319 g/mol. The molecule has 2 heterocycles. The van der Waals surface area contributed by atoms with Gasteiger partial charge in [0.15, 0.2) is 6.10 Å². The van der Waals surface area contributed by atoms with Crippen molar-refractivity contribution in [1.29, 1.82) is 0 Å². The van der Waals surface area contributed by atoms with Crippen LogP contribution in [0.3, 0.4) is 0 Å². The van der Waals surface area contributed by atoms with Crippen LogP contribution in [-0.4, -0.2) is 54.8 Å². The number of amides is 1. The van der Waals surface area contributed by atoms with Crippen molar-refractivity contribution in [3.05, 3.63) is 30.0 Å². The summed E-state index contributed by atoms with van der Waals surface area (Å²) in [5.74, 6) is -0.511. The summed E-state index contributed by atoms with van der Waals surface area (Å²) in [6.45, 7) is 0.691. The van der Waals surface area contributed by atoms with E-state index in [1.165, 1.54) is 4.90 Å². The molecule has 7 nitrogen and oxygen atoms in total. The van der Waals surface area contributed by atoms with Crippen LogP contribution in [0.1, 0.15) is 5.56 Å². The fourth-order valence-electron chi connectivity index (χ4n) is 2.63. The lowest BCUT2D eigenvalue weighted by Crippen LogP contribution is -2.49. The predicted octanol–water partition coefficient (Wildman–Crippen LogP) is 1.30. The SMILES string of the molecule is COc1ccc2c(CC(=O)N3CCO[C@H](C(=O)O)C3)coc2c1. The van der Waals surface area contributed by atoms with E-state index in [4.69, 9.17) is 19.0 Å². The van der Waals surface area contributed by atoms with E-state index in [0.717, 1.165) is 10.9 Å². The number of carboxylic acid groups (broad SMARTS) is 1. The minimum atomic E-state index is -1.05. The number of carboxylic acids is 1. The van der Waals surface area contributed by atoms with Crippen LogP contribution in [0, 0.1) is 0 Å². The maximum atomic E-state index is 12.4. The number of ether oxygens (including phenoxy) is 2. The molecule has 1 fully saturated rings. The Labute approximate surface area is 132 Å². The van der Waals surface area contributed by atoms with E-state index in [1.54, 1.807) is 25.5 Å². The van der Waals surface area contributed by atoms with Gasteiger partial charge >= 0.3 is 5.97 Å². The van der Waals surface area contributed by atoms with E-state index in [1.807, 2.05) is 6.07 Å². The van der Waals surface area contributed by atoms with Crippen LogP contribution in [0.15, 0.2) is 28.9 Å². The Kier molecular flexibility index (Phi) is 4.20. The lowest BCUT2D eigenvalue weighted by Gasteiger charge is -2.30. The summed E-state index contributed by atoms with van der Waals surface area (Å²) >= 11 is 0. The number of nitrogens with zero attached hydrogens (tertiary/aromatic N) is 1. The molecule has 1 atom stereocenters. The third-order valence-electron chi connectivity index (χ3n) is 3.90. The number of furan rings is 1. The van der Waals surface area contributed by atoms with E-state index < -0.39 is 12.1 Å². The summed E-state index contributed by atoms with van der Waals surface area (Å²) in [5.41, 5.74) is 1.42. The highest BCUT2D eigenvalue weighted by atomic mass is 16.5. The molecule has 0 aliphatic carbocycles. The van der Waals surface area contributed by atoms with Gasteiger partial charge in [0.2, 0.25) is 5.91 Å². The average Bonchev–Trinajstić information content (AvgIpc) is 2.97. The maximum Gasteiger partial charge on any atom is 0.334 e. The van der Waals surface area contributed by atoms with Crippen molar-refractivity contribution in [2.45, 2.75) is 12.5 Å². The molecule has 0 unspecified atom stereocenters. The Morgan fingerprint density at radius 1 is 1.43 bits per heavy atom. The zero-order valence-electron chi connectivity index (χ0n) is 12.7. The van der Waals surface area contributed by atoms with Crippen molar-refractivity contribution >= 4 is 22.8 Å². The predicted molar refractivity (Wildman–Crippen MR) is 80.4 cm³/mol. The summed E-state index contributed by atoms with van der Waals surface area (Å²) in [6, 6.07) is 5.42. The summed E-state index contributed by atoms with van der Waals surface area (Å²) in [7, 11) is 1.58. The third-order valence-corrected chi connectivity index (χ3v) is 3.90. The van der Waals surface area contributed by atoms with Gasteiger partial charge < -0.3 is 23.9 Å². The van der Waals surface area contributed by atoms with Crippen molar-refractivity contribution in [3.63, 3.8) is 0 Å². The number of benzene rings is 1. The molecule has 3 rings (SSSR count). The fraction of sp³-hybridized carbons (Fsp3) is 0.375. The van der Waals surface area contributed by atoms with Crippen molar-refractivity contribution in [1.82, 2.24) is 4.90 Å². The number of carbonyl (C=O) groups is 2. The van der Waals surface area contributed by atoms with Gasteiger partial charge in [-0.05, 0) is 12.1 Å². The van der Waals surface area contributed by atoms with Crippen LogP contribution in [0.5, 0.6) is 5.75 Å². The van der Waals surface area contributed by atoms with Gasteiger partial charge in [-0.2, -0.15) is 0 Å². The minimum absolute atomic E-state index is 0.0672. The third kappa shape index (κ3) is 3.14.